The summed E-state index contributed by atoms with van der Waals surface area (Å²) in [6.45, 7) is 5.89. The summed E-state index contributed by atoms with van der Waals surface area (Å²) in [4.78, 5) is 16.4. The van der Waals surface area contributed by atoms with Crippen LogP contribution in [0, 0.1) is 20.8 Å². The van der Waals surface area contributed by atoms with E-state index in [1.807, 2.05) is 10.8 Å². The van der Waals surface area contributed by atoms with Crippen LogP contribution in [0.4, 0.5) is 5.82 Å². The molecule has 3 rings (SSSR count). The molecule has 2 aromatic heterocycles. The van der Waals surface area contributed by atoms with Crippen LogP contribution in [0.25, 0.3) is 5.69 Å². The van der Waals surface area contributed by atoms with E-state index in [-0.39, 0.29) is 11.7 Å². The molecule has 7 heteroatoms. The third-order valence-electron chi connectivity index (χ3n) is 3.46. The Morgan fingerprint density at radius 2 is 2.12 bits per heavy atom. The van der Waals surface area contributed by atoms with Gasteiger partial charge in [0.1, 0.15) is 5.76 Å². The molecule has 6 nitrogen and oxygen atoms in total. The van der Waals surface area contributed by atoms with Crippen molar-refractivity contribution >= 4 is 23.5 Å². The summed E-state index contributed by atoms with van der Waals surface area (Å²) in [5, 5.41) is 7.23. The Hall–Kier alpha value is -2.54. The summed E-state index contributed by atoms with van der Waals surface area (Å²) in [6, 6.07) is 7.95. The highest BCUT2D eigenvalue weighted by Crippen LogP contribution is 2.23. The number of thioether (sulfide) groups is 1. The monoisotopic (exact) mass is 342 g/mol. The molecule has 0 aliphatic heterocycles. The number of amides is 1. The Bertz CT molecular complexity index is 869. The van der Waals surface area contributed by atoms with E-state index in [0.717, 1.165) is 16.4 Å². The van der Waals surface area contributed by atoms with Crippen LogP contribution in [-0.4, -0.2) is 26.4 Å². The fourth-order valence-corrected chi connectivity index (χ4v) is 3.06. The molecule has 24 heavy (non-hydrogen) atoms. The van der Waals surface area contributed by atoms with E-state index < -0.39 is 0 Å². The zero-order chi connectivity index (χ0) is 17.1. The van der Waals surface area contributed by atoms with Crippen molar-refractivity contribution in [2.45, 2.75) is 25.9 Å². The predicted molar refractivity (Wildman–Crippen MR) is 93.6 cm³/mol. The molecule has 0 saturated heterocycles. The highest BCUT2D eigenvalue weighted by molar-refractivity contribution is 7.99. The smallest absolute Gasteiger partial charge is 0.236 e. The number of anilines is 1. The van der Waals surface area contributed by atoms with Crippen LogP contribution in [0.5, 0.6) is 0 Å². The quantitative estimate of drug-likeness (QED) is 0.718. The largest absolute Gasteiger partial charge is 0.360 e. The van der Waals surface area contributed by atoms with Crippen molar-refractivity contribution in [2.24, 2.45) is 0 Å². The minimum Gasteiger partial charge on any atom is -0.360 e. The Labute approximate surface area is 144 Å². The molecular weight excluding hydrogens is 324 g/mol. The molecule has 0 fully saturated rings. The molecule has 124 valence electrons. The van der Waals surface area contributed by atoms with Gasteiger partial charge < -0.3 is 9.84 Å². The maximum atomic E-state index is 12.0. The first-order valence-electron chi connectivity index (χ1n) is 7.50. The van der Waals surface area contributed by atoms with Crippen molar-refractivity contribution in [2.75, 3.05) is 11.1 Å². The van der Waals surface area contributed by atoms with Gasteiger partial charge in [0, 0.05) is 18.5 Å². The van der Waals surface area contributed by atoms with Gasteiger partial charge in [-0.25, -0.2) is 4.98 Å². The number of aromatic nitrogens is 3. The average Bonchev–Trinajstić information content (AvgIpc) is 3.16. The van der Waals surface area contributed by atoms with Crippen LogP contribution in [0.2, 0.25) is 0 Å². The van der Waals surface area contributed by atoms with E-state index in [1.54, 1.807) is 19.2 Å². The number of aryl methyl sites for hydroxylation is 3. The van der Waals surface area contributed by atoms with Gasteiger partial charge in [0.05, 0.1) is 11.4 Å². The van der Waals surface area contributed by atoms with E-state index in [1.165, 1.54) is 17.3 Å². The average molecular weight is 342 g/mol. The predicted octanol–water partition coefficient (Wildman–Crippen LogP) is 3.52. The summed E-state index contributed by atoms with van der Waals surface area (Å²) in [6.07, 6.45) is 3.64. The van der Waals surface area contributed by atoms with Crippen molar-refractivity contribution in [3.8, 4) is 5.69 Å². The molecule has 0 aliphatic carbocycles. The van der Waals surface area contributed by atoms with Crippen LogP contribution in [0.3, 0.4) is 0 Å². The third kappa shape index (κ3) is 3.68. The van der Waals surface area contributed by atoms with Crippen molar-refractivity contribution in [1.29, 1.82) is 0 Å². The fraction of sp³-hybridized carbons (Fsp3) is 0.235. The Balaban J connectivity index is 1.69. The fourth-order valence-electron chi connectivity index (χ4n) is 2.29. The Kier molecular flexibility index (Phi) is 4.71. The summed E-state index contributed by atoms with van der Waals surface area (Å²) in [5.74, 6) is 1.18. The van der Waals surface area contributed by atoms with Crippen molar-refractivity contribution in [1.82, 2.24) is 14.7 Å². The Morgan fingerprint density at radius 3 is 2.88 bits per heavy atom. The zero-order valence-corrected chi connectivity index (χ0v) is 14.6. The molecule has 1 aromatic carbocycles. The topological polar surface area (TPSA) is 73.0 Å². The first-order chi connectivity index (χ1) is 11.5. The second-order valence-electron chi connectivity index (χ2n) is 5.53. The van der Waals surface area contributed by atoms with Crippen molar-refractivity contribution < 1.29 is 9.32 Å². The number of hydrogen-bond acceptors (Lipinski definition) is 5. The molecule has 0 saturated carbocycles. The normalized spacial score (nSPS) is 10.8. The van der Waals surface area contributed by atoms with Gasteiger partial charge >= 0.3 is 0 Å². The maximum Gasteiger partial charge on any atom is 0.236 e. The number of imidazole rings is 1. The lowest BCUT2D eigenvalue weighted by Crippen LogP contribution is -2.14. The van der Waals surface area contributed by atoms with Gasteiger partial charge in [-0.05, 0) is 38.0 Å². The van der Waals surface area contributed by atoms with Gasteiger partial charge in [-0.2, -0.15) is 0 Å². The number of nitrogens with one attached hydrogen (secondary N) is 1. The van der Waals surface area contributed by atoms with Gasteiger partial charge in [0.15, 0.2) is 11.0 Å². The van der Waals surface area contributed by atoms with Crippen LogP contribution < -0.4 is 5.32 Å². The zero-order valence-electron chi connectivity index (χ0n) is 13.7. The number of hydrogen-bond donors (Lipinski definition) is 1. The first kappa shape index (κ1) is 16.3. The molecule has 1 N–H and O–H groups in total. The van der Waals surface area contributed by atoms with Gasteiger partial charge in [0.25, 0.3) is 0 Å². The highest BCUT2D eigenvalue weighted by atomic mass is 32.2. The van der Waals surface area contributed by atoms with Gasteiger partial charge in [0.2, 0.25) is 5.91 Å². The summed E-state index contributed by atoms with van der Waals surface area (Å²) in [5.41, 5.74) is 3.41. The molecular formula is C17H18N4O2S. The van der Waals surface area contributed by atoms with E-state index >= 15 is 0 Å². The van der Waals surface area contributed by atoms with E-state index in [4.69, 9.17) is 4.52 Å². The number of nitrogens with zero attached hydrogens (tertiary/aromatic N) is 3. The molecule has 0 aliphatic rings. The second-order valence-corrected chi connectivity index (χ2v) is 6.47. The third-order valence-corrected chi connectivity index (χ3v) is 4.43. The molecule has 0 atom stereocenters. The minimum absolute atomic E-state index is 0.149. The van der Waals surface area contributed by atoms with Gasteiger partial charge in [-0.15, -0.1) is 0 Å². The lowest BCUT2D eigenvalue weighted by molar-refractivity contribution is -0.113. The molecule has 3 aromatic rings. The van der Waals surface area contributed by atoms with E-state index in [9.17, 15) is 4.79 Å². The lowest BCUT2D eigenvalue weighted by Gasteiger charge is -2.11. The SMILES string of the molecule is Cc1ccc(C)c(-n2ccnc2SCC(=O)Nc2cc(C)on2)c1. The minimum atomic E-state index is -0.149. The van der Waals surface area contributed by atoms with Crippen LogP contribution in [-0.2, 0) is 4.79 Å². The van der Waals surface area contributed by atoms with Gasteiger partial charge in [-0.1, -0.05) is 29.1 Å². The summed E-state index contributed by atoms with van der Waals surface area (Å²) < 4.78 is 6.93. The number of carbonyl (C=O) groups is 1. The highest BCUT2D eigenvalue weighted by Gasteiger charge is 2.12. The Morgan fingerprint density at radius 1 is 1.29 bits per heavy atom. The van der Waals surface area contributed by atoms with Crippen LogP contribution in [0.15, 0.2) is 46.3 Å². The van der Waals surface area contributed by atoms with Crippen LogP contribution >= 0.6 is 11.8 Å². The molecule has 0 radical (unpaired) electrons. The molecule has 0 bridgehead atoms. The first-order valence-corrected chi connectivity index (χ1v) is 8.48. The molecule has 0 spiro atoms. The van der Waals surface area contributed by atoms with E-state index in [2.05, 4.69) is 47.5 Å². The second kappa shape index (κ2) is 6.92. The molecule has 0 unspecified atom stereocenters. The summed E-state index contributed by atoms with van der Waals surface area (Å²) >= 11 is 1.38. The van der Waals surface area contributed by atoms with Crippen molar-refractivity contribution in [3.63, 3.8) is 0 Å². The molecule has 2 heterocycles. The number of rotatable bonds is 5. The standard InChI is InChI=1S/C17H18N4O2S/c1-11-4-5-12(2)14(8-11)21-7-6-18-17(21)24-10-16(22)19-15-9-13(3)23-20-15/h4-9H,10H2,1-3H3,(H,19,20,22). The maximum absolute atomic E-state index is 12.0. The summed E-state index contributed by atoms with van der Waals surface area (Å²) in [7, 11) is 0. The van der Waals surface area contributed by atoms with Crippen LogP contribution in [0.1, 0.15) is 16.9 Å². The molecule has 1 amide bonds. The van der Waals surface area contributed by atoms with Gasteiger partial charge in [-0.3, -0.25) is 9.36 Å². The lowest BCUT2D eigenvalue weighted by atomic mass is 10.1. The number of carbonyl (C=O) groups excluding carboxylic acids is 1. The van der Waals surface area contributed by atoms with Crippen molar-refractivity contribution in [3.05, 3.63) is 53.5 Å². The number of benzene rings is 1. The van der Waals surface area contributed by atoms with E-state index in [0.29, 0.717) is 11.6 Å².